The van der Waals surface area contributed by atoms with E-state index in [2.05, 4.69) is 51.2 Å². The van der Waals surface area contributed by atoms with Gasteiger partial charge in [0.05, 0.1) is 5.01 Å². The standard InChI is InChI=1S/C18H34N6S/c1-5-23-8-10-24(11-9-23)14-15(2)12-22-18(19-4)20-7-6-17-21-13-16(3)25-17/h13,15H,5-12,14H2,1-4H3,(H2,19,20,22). The quantitative estimate of drug-likeness (QED) is 0.538. The van der Waals surface area contributed by atoms with Crippen LogP contribution in [0, 0.1) is 12.8 Å². The first kappa shape index (κ1) is 20.1. The van der Waals surface area contributed by atoms with Gasteiger partial charge < -0.3 is 20.4 Å². The highest BCUT2D eigenvalue weighted by Crippen LogP contribution is 2.10. The Morgan fingerprint density at radius 2 is 2.00 bits per heavy atom. The zero-order chi connectivity index (χ0) is 18.1. The fourth-order valence-corrected chi connectivity index (χ4v) is 3.88. The Labute approximate surface area is 156 Å². The Hall–Kier alpha value is -1.18. The normalized spacial score (nSPS) is 18.3. The molecule has 2 heterocycles. The highest BCUT2D eigenvalue weighted by atomic mass is 32.1. The molecule has 0 bridgehead atoms. The van der Waals surface area contributed by atoms with Crippen LogP contribution in [0.5, 0.6) is 0 Å². The largest absolute Gasteiger partial charge is 0.356 e. The van der Waals surface area contributed by atoms with Gasteiger partial charge in [-0.15, -0.1) is 11.3 Å². The maximum atomic E-state index is 4.40. The third-order valence-electron chi connectivity index (χ3n) is 4.62. The number of hydrogen-bond acceptors (Lipinski definition) is 5. The molecule has 1 aliphatic heterocycles. The number of nitrogens with zero attached hydrogens (tertiary/aromatic N) is 4. The van der Waals surface area contributed by atoms with Gasteiger partial charge in [0, 0.05) is 70.4 Å². The maximum Gasteiger partial charge on any atom is 0.190 e. The zero-order valence-corrected chi connectivity index (χ0v) is 17.0. The minimum absolute atomic E-state index is 0.605. The Bertz CT molecular complexity index is 521. The monoisotopic (exact) mass is 366 g/mol. The second-order valence-electron chi connectivity index (χ2n) is 6.83. The van der Waals surface area contributed by atoms with Crippen molar-refractivity contribution in [2.75, 3.05) is 59.4 Å². The summed E-state index contributed by atoms with van der Waals surface area (Å²) in [5.74, 6) is 1.49. The molecule has 0 saturated carbocycles. The van der Waals surface area contributed by atoms with Crippen molar-refractivity contribution in [3.8, 4) is 0 Å². The van der Waals surface area contributed by atoms with E-state index in [1.54, 1.807) is 11.3 Å². The summed E-state index contributed by atoms with van der Waals surface area (Å²) < 4.78 is 0. The summed E-state index contributed by atoms with van der Waals surface area (Å²) in [6, 6.07) is 0. The molecule has 1 aliphatic rings. The van der Waals surface area contributed by atoms with Crippen molar-refractivity contribution in [3.63, 3.8) is 0 Å². The molecule has 1 fully saturated rings. The molecule has 1 atom stereocenters. The van der Waals surface area contributed by atoms with Crippen LogP contribution >= 0.6 is 11.3 Å². The lowest BCUT2D eigenvalue weighted by molar-refractivity contribution is 0.124. The average Bonchev–Trinajstić information content (AvgIpc) is 3.03. The van der Waals surface area contributed by atoms with E-state index in [-0.39, 0.29) is 0 Å². The van der Waals surface area contributed by atoms with E-state index >= 15 is 0 Å². The molecular formula is C18H34N6S. The number of piperazine rings is 1. The van der Waals surface area contributed by atoms with Crippen LogP contribution in [-0.4, -0.2) is 80.1 Å². The van der Waals surface area contributed by atoms with Crippen LogP contribution in [0.25, 0.3) is 0 Å². The van der Waals surface area contributed by atoms with E-state index in [9.17, 15) is 0 Å². The number of aromatic nitrogens is 1. The van der Waals surface area contributed by atoms with Gasteiger partial charge in [0.15, 0.2) is 5.96 Å². The molecule has 0 amide bonds. The molecule has 0 aromatic carbocycles. The van der Waals surface area contributed by atoms with Gasteiger partial charge in [-0.2, -0.15) is 0 Å². The molecule has 0 aliphatic carbocycles. The van der Waals surface area contributed by atoms with E-state index in [1.165, 1.54) is 42.6 Å². The van der Waals surface area contributed by atoms with Gasteiger partial charge in [-0.05, 0) is 19.4 Å². The summed E-state index contributed by atoms with van der Waals surface area (Å²) >= 11 is 1.77. The SMILES string of the molecule is CCN1CCN(CC(C)CNC(=NC)NCCc2ncc(C)s2)CC1. The van der Waals surface area contributed by atoms with Crippen molar-refractivity contribution >= 4 is 17.3 Å². The molecule has 1 saturated heterocycles. The van der Waals surface area contributed by atoms with Crippen molar-refractivity contribution in [2.24, 2.45) is 10.9 Å². The third-order valence-corrected chi connectivity index (χ3v) is 5.60. The highest BCUT2D eigenvalue weighted by molar-refractivity contribution is 7.11. The van der Waals surface area contributed by atoms with Crippen LogP contribution < -0.4 is 10.6 Å². The predicted octanol–water partition coefficient (Wildman–Crippen LogP) is 1.43. The van der Waals surface area contributed by atoms with Gasteiger partial charge in [0.25, 0.3) is 0 Å². The van der Waals surface area contributed by atoms with Gasteiger partial charge in [0.2, 0.25) is 0 Å². The minimum atomic E-state index is 0.605. The van der Waals surface area contributed by atoms with Gasteiger partial charge in [-0.1, -0.05) is 13.8 Å². The minimum Gasteiger partial charge on any atom is -0.356 e. The Morgan fingerprint density at radius 3 is 2.60 bits per heavy atom. The van der Waals surface area contributed by atoms with E-state index < -0.39 is 0 Å². The molecule has 0 radical (unpaired) electrons. The van der Waals surface area contributed by atoms with E-state index in [0.29, 0.717) is 5.92 Å². The Morgan fingerprint density at radius 1 is 1.28 bits per heavy atom. The Kier molecular flexibility index (Phi) is 8.64. The lowest BCUT2D eigenvalue weighted by Gasteiger charge is -2.35. The number of rotatable bonds is 8. The number of aliphatic imine (C=N–C) groups is 1. The molecule has 1 aromatic rings. The van der Waals surface area contributed by atoms with E-state index in [0.717, 1.165) is 32.0 Å². The first-order valence-corrected chi connectivity index (χ1v) is 10.2. The first-order chi connectivity index (χ1) is 12.1. The second kappa shape index (κ2) is 10.7. The van der Waals surface area contributed by atoms with Crippen LogP contribution in [0.2, 0.25) is 0 Å². The van der Waals surface area contributed by atoms with Gasteiger partial charge in [0.1, 0.15) is 0 Å². The molecule has 25 heavy (non-hydrogen) atoms. The average molecular weight is 367 g/mol. The maximum absolute atomic E-state index is 4.40. The zero-order valence-electron chi connectivity index (χ0n) is 16.2. The lowest BCUT2D eigenvalue weighted by Crippen LogP contribution is -2.48. The number of thiazole rings is 1. The molecule has 7 heteroatoms. The summed E-state index contributed by atoms with van der Waals surface area (Å²) in [6.45, 7) is 15.6. The first-order valence-electron chi connectivity index (χ1n) is 9.41. The molecule has 2 N–H and O–H groups in total. The fraction of sp³-hybridized carbons (Fsp3) is 0.778. The summed E-state index contributed by atoms with van der Waals surface area (Å²) in [6.07, 6.45) is 2.88. The lowest BCUT2D eigenvalue weighted by atomic mass is 10.1. The van der Waals surface area contributed by atoms with Crippen LogP contribution in [0.4, 0.5) is 0 Å². The van der Waals surface area contributed by atoms with Crippen LogP contribution in [0.15, 0.2) is 11.2 Å². The molecule has 6 nitrogen and oxygen atoms in total. The third kappa shape index (κ3) is 7.30. The summed E-state index contributed by atoms with van der Waals surface area (Å²) in [7, 11) is 1.83. The molecule has 0 spiro atoms. The van der Waals surface area contributed by atoms with E-state index in [1.807, 2.05) is 13.2 Å². The van der Waals surface area contributed by atoms with Crippen molar-refractivity contribution in [1.29, 1.82) is 0 Å². The molecule has 142 valence electrons. The molecule has 2 rings (SSSR count). The highest BCUT2D eigenvalue weighted by Gasteiger charge is 2.17. The van der Waals surface area contributed by atoms with Crippen LogP contribution in [-0.2, 0) is 6.42 Å². The molecule has 1 unspecified atom stereocenters. The number of hydrogen-bond donors (Lipinski definition) is 2. The topological polar surface area (TPSA) is 55.8 Å². The van der Waals surface area contributed by atoms with E-state index in [4.69, 9.17) is 0 Å². The Balaban J connectivity index is 1.61. The molecule has 1 aromatic heterocycles. The number of aryl methyl sites for hydroxylation is 1. The van der Waals surface area contributed by atoms with Gasteiger partial charge >= 0.3 is 0 Å². The predicted molar refractivity (Wildman–Crippen MR) is 108 cm³/mol. The smallest absolute Gasteiger partial charge is 0.190 e. The fourth-order valence-electron chi connectivity index (χ4n) is 3.09. The van der Waals surface area contributed by atoms with Crippen molar-refractivity contribution in [3.05, 3.63) is 16.1 Å². The molecular weight excluding hydrogens is 332 g/mol. The number of guanidine groups is 1. The van der Waals surface area contributed by atoms with Crippen molar-refractivity contribution < 1.29 is 0 Å². The summed E-state index contributed by atoms with van der Waals surface area (Å²) in [5.41, 5.74) is 0. The van der Waals surface area contributed by atoms with Gasteiger partial charge in [-0.3, -0.25) is 4.99 Å². The summed E-state index contributed by atoms with van der Waals surface area (Å²) in [5, 5.41) is 8.02. The second-order valence-corrected chi connectivity index (χ2v) is 8.15. The van der Waals surface area contributed by atoms with Crippen LogP contribution in [0.1, 0.15) is 23.7 Å². The number of nitrogens with one attached hydrogen (secondary N) is 2. The van der Waals surface area contributed by atoms with Crippen molar-refractivity contribution in [1.82, 2.24) is 25.4 Å². The van der Waals surface area contributed by atoms with Gasteiger partial charge in [-0.25, -0.2) is 4.98 Å². The number of likely N-dealkylation sites (N-methyl/N-ethyl adjacent to an activating group) is 1. The van der Waals surface area contributed by atoms with Crippen LogP contribution in [0.3, 0.4) is 0 Å². The van der Waals surface area contributed by atoms with Crippen molar-refractivity contribution in [2.45, 2.75) is 27.2 Å². The summed E-state index contributed by atoms with van der Waals surface area (Å²) in [4.78, 5) is 15.1.